The van der Waals surface area contributed by atoms with Crippen LogP contribution in [0.15, 0.2) is 36.4 Å². The summed E-state index contributed by atoms with van der Waals surface area (Å²) < 4.78 is 0. The van der Waals surface area contributed by atoms with Gasteiger partial charge in [-0.15, -0.1) is 10.2 Å². The van der Waals surface area contributed by atoms with E-state index in [0.29, 0.717) is 17.3 Å². The quantitative estimate of drug-likeness (QED) is 0.882. The highest BCUT2D eigenvalue weighted by atomic mass is 35.5. The molecule has 6 nitrogen and oxygen atoms in total. The highest BCUT2D eigenvalue weighted by molar-refractivity contribution is 6.30. The number of piperazine rings is 1. The molecule has 0 unspecified atom stereocenters. The van der Waals surface area contributed by atoms with Crippen LogP contribution in [0.2, 0.25) is 5.02 Å². The second kappa shape index (κ2) is 8.27. The Morgan fingerprint density at radius 2 is 1.96 bits per heavy atom. The first kappa shape index (κ1) is 17.6. The number of halogens is 1. The Balaban J connectivity index is 1.50. The largest absolute Gasteiger partial charge is 0.353 e. The maximum Gasteiger partial charge on any atom is 0.271 e. The highest BCUT2D eigenvalue weighted by Crippen LogP contribution is 2.12. The van der Waals surface area contributed by atoms with Crippen molar-refractivity contribution >= 4 is 23.3 Å². The van der Waals surface area contributed by atoms with E-state index in [4.69, 9.17) is 11.6 Å². The van der Waals surface area contributed by atoms with Crippen LogP contribution in [-0.4, -0.2) is 60.8 Å². The number of anilines is 1. The van der Waals surface area contributed by atoms with Crippen LogP contribution in [0.1, 0.15) is 16.1 Å². The van der Waals surface area contributed by atoms with Crippen LogP contribution < -0.4 is 10.2 Å². The normalized spacial score (nSPS) is 15.2. The number of nitrogens with one attached hydrogen (secondary N) is 1. The smallest absolute Gasteiger partial charge is 0.271 e. The fourth-order valence-electron chi connectivity index (χ4n) is 2.75. The molecule has 1 aliphatic rings. The van der Waals surface area contributed by atoms with Gasteiger partial charge in [0.15, 0.2) is 11.5 Å². The first-order valence-electron chi connectivity index (χ1n) is 8.42. The number of hydrogen-bond donors (Lipinski definition) is 1. The molecule has 0 bridgehead atoms. The molecule has 1 saturated heterocycles. The fraction of sp³-hybridized carbons (Fsp3) is 0.389. The summed E-state index contributed by atoms with van der Waals surface area (Å²) in [5.74, 6) is 0.614. The third kappa shape index (κ3) is 4.90. The number of rotatable bonds is 5. The zero-order valence-corrected chi connectivity index (χ0v) is 15.0. The van der Waals surface area contributed by atoms with E-state index in [-0.39, 0.29) is 5.91 Å². The van der Waals surface area contributed by atoms with Crippen LogP contribution >= 0.6 is 11.6 Å². The number of aromatic nitrogens is 2. The van der Waals surface area contributed by atoms with Crippen molar-refractivity contribution in [3.05, 3.63) is 52.7 Å². The number of benzene rings is 1. The maximum atomic E-state index is 12.2. The molecule has 0 atom stereocenters. The Morgan fingerprint density at radius 1 is 1.16 bits per heavy atom. The lowest BCUT2D eigenvalue weighted by atomic mass is 10.1. The van der Waals surface area contributed by atoms with E-state index >= 15 is 0 Å². The molecular weight excluding hydrogens is 338 g/mol. The van der Waals surface area contributed by atoms with E-state index in [1.54, 1.807) is 6.07 Å². The molecule has 1 N–H and O–H groups in total. The standard InChI is InChI=1S/C18H22ClN5O/c1-23-9-11-24(12-10-23)17-6-5-16(21-22-17)18(25)20-8-7-14-3-2-4-15(19)13-14/h2-6,13H,7-12H2,1H3,(H,20,25). The molecule has 2 aromatic rings. The fourth-order valence-corrected chi connectivity index (χ4v) is 2.97. The van der Waals surface area contributed by atoms with Crippen molar-refractivity contribution in [2.45, 2.75) is 6.42 Å². The van der Waals surface area contributed by atoms with Crippen molar-refractivity contribution in [3.8, 4) is 0 Å². The second-order valence-corrected chi connectivity index (χ2v) is 6.64. The van der Waals surface area contributed by atoms with Crippen LogP contribution in [0.25, 0.3) is 0 Å². The lowest BCUT2D eigenvalue weighted by Crippen LogP contribution is -2.44. The van der Waals surface area contributed by atoms with Gasteiger partial charge in [-0.2, -0.15) is 0 Å². The minimum Gasteiger partial charge on any atom is -0.353 e. The SMILES string of the molecule is CN1CCN(c2ccc(C(=O)NCCc3cccc(Cl)c3)nn2)CC1. The van der Waals surface area contributed by atoms with E-state index < -0.39 is 0 Å². The van der Waals surface area contributed by atoms with Crippen molar-refractivity contribution in [1.29, 1.82) is 0 Å². The average molecular weight is 360 g/mol. The topological polar surface area (TPSA) is 61.4 Å². The van der Waals surface area contributed by atoms with Gasteiger partial charge in [0.05, 0.1) is 0 Å². The minimum absolute atomic E-state index is 0.209. The average Bonchev–Trinajstić information content (AvgIpc) is 2.62. The molecule has 1 aliphatic heterocycles. The lowest BCUT2D eigenvalue weighted by Gasteiger charge is -2.32. The van der Waals surface area contributed by atoms with Crippen molar-refractivity contribution in [1.82, 2.24) is 20.4 Å². The van der Waals surface area contributed by atoms with E-state index in [1.807, 2.05) is 30.3 Å². The Kier molecular flexibility index (Phi) is 5.83. The second-order valence-electron chi connectivity index (χ2n) is 6.20. The molecule has 7 heteroatoms. The Morgan fingerprint density at radius 3 is 2.64 bits per heavy atom. The third-order valence-electron chi connectivity index (χ3n) is 4.30. The van der Waals surface area contributed by atoms with Crippen LogP contribution in [0.3, 0.4) is 0 Å². The lowest BCUT2D eigenvalue weighted by molar-refractivity contribution is 0.0948. The number of likely N-dealkylation sites (N-methyl/N-ethyl adjacent to an activating group) is 1. The molecule has 1 aromatic carbocycles. The number of hydrogen-bond acceptors (Lipinski definition) is 5. The molecule has 132 valence electrons. The van der Waals surface area contributed by atoms with Gasteiger partial charge in [-0.3, -0.25) is 4.79 Å². The monoisotopic (exact) mass is 359 g/mol. The summed E-state index contributed by atoms with van der Waals surface area (Å²) in [7, 11) is 2.11. The van der Waals surface area contributed by atoms with Gasteiger partial charge in [0.25, 0.3) is 5.91 Å². The van der Waals surface area contributed by atoms with Gasteiger partial charge in [0, 0.05) is 37.7 Å². The molecule has 0 aliphatic carbocycles. The number of nitrogens with zero attached hydrogens (tertiary/aromatic N) is 4. The zero-order valence-electron chi connectivity index (χ0n) is 14.3. The van der Waals surface area contributed by atoms with Gasteiger partial charge in [0.2, 0.25) is 0 Å². The van der Waals surface area contributed by atoms with Gasteiger partial charge in [-0.25, -0.2) is 0 Å². The maximum absolute atomic E-state index is 12.2. The summed E-state index contributed by atoms with van der Waals surface area (Å²) in [6.07, 6.45) is 0.721. The van der Waals surface area contributed by atoms with Crippen LogP contribution in [0.4, 0.5) is 5.82 Å². The summed E-state index contributed by atoms with van der Waals surface area (Å²) in [5.41, 5.74) is 1.42. The summed E-state index contributed by atoms with van der Waals surface area (Å²) in [4.78, 5) is 16.6. The minimum atomic E-state index is -0.209. The molecule has 1 amide bonds. The molecule has 2 heterocycles. The Labute approximate surface area is 152 Å². The molecule has 1 fully saturated rings. The van der Waals surface area contributed by atoms with Crippen molar-refractivity contribution in [2.24, 2.45) is 0 Å². The Hall–Kier alpha value is -2.18. The number of carbonyl (C=O) groups excluding carboxylic acids is 1. The van der Waals surface area contributed by atoms with E-state index in [9.17, 15) is 4.79 Å². The number of carbonyl (C=O) groups is 1. The van der Waals surface area contributed by atoms with E-state index in [2.05, 4.69) is 32.4 Å². The first-order valence-corrected chi connectivity index (χ1v) is 8.79. The van der Waals surface area contributed by atoms with Crippen molar-refractivity contribution in [2.75, 3.05) is 44.7 Å². The van der Waals surface area contributed by atoms with E-state index in [0.717, 1.165) is 44.0 Å². The van der Waals surface area contributed by atoms with Crippen molar-refractivity contribution in [3.63, 3.8) is 0 Å². The van der Waals surface area contributed by atoms with Crippen LogP contribution in [-0.2, 0) is 6.42 Å². The van der Waals surface area contributed by atoms with E-state index in [1.165, 1.54) is 0 Å². The van der Waals surface area contributed by atoms with Crippen LogP contribution in [0, 0.1) is 0 Å². The van der Waals surface area contributed by atoms with Gasteiger partial charge in [-0.05, 0) is 43.3 Å². The summed E-state index contributed by atoms with van der Waals surface area (Å²) in [6.45, 7) is 4.40. The molecule has 0 radical (unpaired) electrons. The van der Waals surface area contributed by atoms with Gasteiger partial charge in [-0.1, -0.05) is 23.7 Å². The van der Waals surface area contributed by atoms with Crippen molar-refractivity contribution < 1.29 is 4.79 Å². The molecule has 25 heavy (non-hydrogen) atoms. The van der Waals surface area contributed by atoms with Gasteiger partial charge < -0.3 is 15.1 Å². The highest BCUT2D eigenvalue weighted by Gasteiger charge is 2.16. The zero-order chi connectivity index (χ0) is 17.6. The Bertz CT molecular complexity index is 714. The predicted molar refractivity (Wildman–Crippen MR) is 99.2 cm³/mol. The first-order chi connectivity index (χ1) is 12.1. The van der Waals surface area contributed by atoms with Gasteiger partial charge in [0.1, 0.15) is 0 Å². The molecular formula is C18H22ClN5O. The molecule has 1 aromatic heterocycles. The summed E-state index contributed by atoms with van der Waals surface area (Å²) in [5, 5.41) is 11.8. The van der Waals surface area contributed by atoms with Gasteiger partial charge >= 0.3 is 0 Å². The summed E-state index contributed by atoms with van der Waals surface area (Å²) in [6, 6.07) is 11.2. The molecule has 0 saturated carbocycles. The number of amides is 1. The summed E-state index contributed by atoms with van der Waals surface area (Å²) >= 11 is 5.96. The van der Waals surface area contributed by atoms with Crippen LogP contribution in [0.5, 0.6) is 0 Å². The molecule has 0 spiro atoms. The predicted octanol–water partition coefficient (Wildman–Crippen LogP) is 1.85. The third-order valence-corrected chi connectivity index (χ3v) is 4.53. The molecule has 3 rings (SSSR count).